The van der Waals surface area contributed by atoms with Crippen molar-refractivity contribution < 1.29 is 0 Å². The van der Waals surface area contributed by atoms with Crippen molar-refractivity contribution in [2.75, 3.05) is 13.1 Å². The lowest BCUT2D eigenvalue weighted by atomic mass is 9.90. The smallest absolute Gasteiger partial charge is 0.0521 e. The Balaban J connectivity index is 1.67. The van der Waals surface area contributed by atoms with Gasteiger partial charge in [0.05, 0.1) is 5.69 Å². The first-order valence-corrected chi connectivity index (χ1v) is 7.55. The highest BCUT2D eigenvalue weighted by Crippen LogP contribution is 2.28. The fourth-order valence-electron chi connectivity index (χ4n) is 2.99. The fourth-order valence-corrected chi connectivity index (χ4v) is 3.12. The zero-order chi connectivity index (χ0) is 13.9. The van der Waals surface area contributed by atoms with E-state index in [1.54, 1.807) is 0 Å². The molecule has 1 fully saturated rings. The molecule has 1 aromatic heterocycles. The third kappa shape index (κ3) is 3.05. The molecule has 0 amide bonds. The van der Waals surface area contributed by atoms with Gasteiger partial charge in [0.25, 0.3) is 0 Å². The van der Waals surface area contributed by atoms with Crippen LogP contribution in [-0.4, -0.2) is 27.8 Å². The Morgan fingerprint density at radius 3 is 2.75 bits per heavy atom. The summed E-state index contributed by atoms with van der Waals surface area (Å²) >= 11 is 5.97. The lowest BCUT2D eigenvalue weighted by Gasteiger charge is -2.33. The van der Waals surface area contributed by atoms with E-state index in [9.17, 15) is 0 Å². The van der Waals surface area contributed by atoms with E-state index in [1.165, 1.54) is 30.6 Å². The van der Waals surface area contributed by atoms with Crippen molar-refractivity contribution in [1.29, 1.82) is 0 Å². The Labute approximate surface area is 125 Å². The maximum absolute atomic E-state index is 5.97. The van der Waals surface area contributed by atoms with Gasteiger partial charge >= 0.3 is 0 Å². The molecule has 1 aliphatic heterocycles. The molecule has 1 saturated heterocycles. The lowest BCUT2D eigenvalue weighted by Crippen LogP contribution is -2.34. The molecule has 0 spiro atoms. The number of hydrogen-bond acceptors (Lipinski definition) is 2. The number of aromatic nitrogens is 2. The number of rotatable bonds is 3. The van der Waals surface area contributed by atoms with Crippen molar-refractivity contribution in [2.45, 2.75) is 25.3 Å². The third-order valence-corrected chi connectivity index (χ3v) is 4.41. The topological polar surface area (TPSA) is 21.1 Å². The monoisotopic (exact) mass is 289 g/mol. The van der Waals surface area contributed by atoms with Crippen molar-refractivity contribution in [1.82, 2.24) is 14.7 Å². The highest BCUT2D eigenvalue weighted by Gasteiger charge is 2.21. The predicted octanol–water partition coefficient (Wildman–Crippen LogP) is 3.45. The van der Waals surface area contributed by atoms with Gasteiger partial charge in [0.15, 0.2) is 0 Å². The number of aryl methyl sites for hydroxylation is 1. The van der Waals surface area contributed by atoms with Crippen LogP contribution in [0.25, 0.3) is 0 Å². The molecular weight excluding hydrogens is 270 g/mol. The van der Waals surface area contributed by atoms with E-state index in [0.29, 0.717) is 5.92 Å². The molecule has 1 atom stereocenters. The van der Waals surface area contributed by atoms with Crippen molar-refractivity contribution in [2.24, 2.45) is 7.05 Å². The van der Waals surface area contributed by atoms with E-state index in [0.717, 1.165) is 18.1 Å². The van der Waals surface area contributed by atoms with Crippen LogP contribution >= 0.6 is 11.6 Å². The first kappa shape index (κ1) is 13.7. The van der Waals surface area contributed by atoms with Crippen LogP contribution in [0, 0.1) is 0 Å². The maximum atomic E-state index is 5.97. The van der Waals surface area contributed by atoms with Gasteiger partial charge in [-0.1, -0.05) is 23.7 Å². The number of likely N-dealkylation sites (tertiary alicyclic amines) is 1. The second-order valence-corrected chi connectivity index (χ2v) is 6.01. The van der Waals surface area contributed by atoms with Crippen LogP contribution in [0.2, 0.25) is 5.02 Å². The van der Waals surface area contributed by atoms with Crippen LogP contribution in [-0.2, 0) is 13.6 Å². The zero-order valence-electron chi connectivity index (χ0n) is 11.8. The molecule has 0 N–H and O–H groups in total. The summed E-state index contributed by atoms with van der Waals surface area (Å²) in [4.78, 5) is 2.53. The second-order valence-electron chi connectivity index (χ2n) is 5.57. The molecule has 0 saturated carbocycles. The van der Waals surface area contributed by atoms with Crippen LogP contribution in [0.1, 0.15) is 30.0 Å². The van der Waals surface area contributed by atoms with Crippen molar-refractivity contribution in [3.8, 4) is 0 Å². The van der Waals surface area contributed by atoms with Gasteiger partial charge in [-0.2, -0.15) is 5.10 Å². The standard InChI is InChI=1S/C16H20ClN3/c1-19-16(8-9-18-19)12-20-10-2-3-14(11-20)13-4-6-15(17)7-5-13/h4-9,14H,2-3,10-12H2,1H3/t14-/m0/s1. The third-order valence-electron chi connectivity index (χ3n) is 4.15. The molecule has 1 aliphatic rings. The quantitative estimate of drug-likeness (QED) is 0.863. The van der Waals surface area contributed by atoms with Crippen LogP contribution < -0.4 is 0 Å². The normalized spacial score (nSPS) is 20.2. The highest BCUT2D eigenvalue weighted by atomic mass is 35.5. The van der Waals surface area contributed by atoms with Crippen molar-refractivity contribution in [3.05, 3.63) is 52.8 Å². The predicted molar refractivity (Wildman–Crippen MR) is 81.9 cm³/mol. The molecule has 2 aromatic rings. The Morgan fingerprint density at radius 1 is 1.25 bits per heavy atom. The van der Waals surface area contributed by atoms with Gasteiger partial charge in [0.1, 0.15) is 0 Å². The molecule has 3 rings (SSSR count). The van der Waals surface area contributed by atoms with Gasteiger partial charge in [-0.25, -0.2) is 0 Å². The summed E-state index contributed by atoms with van der Waals surface area (Å²) in [7, 11) is 2.01. The highest BCUT2D eigenvalue weighted by molar-refractivity contribution is 6.30. The molecule has 3 nitrogen and oxygen atoms in total. The number of hydrogen-bond donors (Lipinski definition) is 0. The molecule has 4 heteroatoms. The molecule has 0 radical (unpaired) electrons. The molecule has 2 heterocycles. The first-order valence-electron chi connectivity index (χ1n) is 7.17. The van der Waals surface area contributed by atoms with Crippen LogP contribution in [0.3, 0.4) is 0 Å². The van der Waals surface area contributed by atoms with Gasteiger partial charge in [-0.05, 0) is 49.1 Å². The van der Waals surface area contributed by atoms with Gasteiger partial charge < -0.3 is 0 Å². The summed E-state index contributed by atoms with van der Waals surface area (Å²) in [6.45, 7) is 3.28. The lowest BCUT2D eigenvalue weighted by molar-refractivity contribution is 0.196. The molecule has 0 aliphatic carbocycles. The summed E-state index contributed by atoms with van der Waals surface area (Å²) in [6.07, 6.45) is 4.39. The summed E-state index contributed by atoms with van der Waals surface area (Å²) in [5.41, 5.74) is 2.69. The van der Waals surface area contributed by atoms with E-state index >= 15 is 0 Å². The van der Waals surface area contributed by atoms with Crippen LogP contribution in [0.5, 0.6) is 0 Å². The molecule has 1 aromatic carbocycles. The van der Waals surface area contributed by atoms with Crippen molar-refractivity contribution in [3.63, 3.8) is 0 Å². The van der Waals surface area contributed by atoms with Gasteiger partial charge in [0, 0.05) is 31.4 Å². The Bertz CT molecular complexity index is 561. The summed E-state index contributed by atoms with van der Waals surface area (Å²) in [6, 6.07) is 10.4. The molecule has 0 bridgehead atoms. The van der Waals surface area contributed by atoms with E-state index in [-0.39, 0.29) is 0 Å². The molecule has 106 valence electrons. The van der Waals surface area contributed by atoms with E-state index in [1.807, 2.05) is 30.1 Å². The molecule has 20 heavy (non-hydrogen) atoms. The Hall–Kier alpha value is -1.32. The average Bonchev–Trinajstić information content (AvgIpc) is 2.85. The van der Waals surface area contributed by atoms with Gasteiger partial charge in [-0.15, -0.1) is 0 Å². The average molecular weight is 290 g/mol. The van der Waals surface area contributed by atoms with E-state index in [4.69, 9.17) is 11.6 Å². The summed E-state index contributed by atoms with van der Waals surface area (Å²) in [5, 5.41) is 5.06. The Morgan fingerprint density at radius 2 is 2.05 bits per heavy atom. The first-order chi connectivity index (χ1) is 9.72. The number of nitrogens with zero attached hydrogens (tertiary/aromatic N) is 3. The Kier molecular flexibility index (Phi) is 4.08. The number of piperidine rings is 1. The number of benzene rings is 1. The minimum atomic E-state index is 0.620. The van der Waals surface area contributed by atoms with Crippen molar-refractivity contribution >= 4 is 11.6 Å². The van der Waals surface area contributed by atoms with Gasteiger partial charge in [-0.3, -0.25) is 9.58 Å². The van der Waals surface area contributed by atoms with E-state index in [2.05, 4.69) is 28.2 Å². The molecule has 0 unspecified atom stereocenters. The zero-order valence-corrected chi connectivity index (χ0v) is 12.6. The van der Waals surface area contributed by atoms with Gasteiger partial charge in [0.2, 0.25) is 0 Å². The minimum Gasteiger partial charge on any atom is -0.297 e. The van der Waals surface area contributed by atoms with Crippen LogP contribution in [0.15, 0.2) is 36.5 Å². The largest absolute Gasteiger partial charge is 0.297 e. The van der Waals surface area contributed by atoms with Crippen LogP contribution in [0.4, 0.5) is 0 Å². The minimum absolute atomic E-state index is 0.620. The SMILES string of the molecule is Cn1nccc1CN1CCC[C@H](c2ccc(Cl)cc2)C1. The second kappa shape index (κ2) is 5.98. The van der Waals surface area contributed by atoms with E-state index < -0.39 is 0 Å². The summed E-state index contributed by atoms with van der Waals surface area (Å²) in [5.74, 6) is 0.620. The fraction of sp³-hybridized carbons (Fsp3) is 0.438. The molecular formula is C16H20ClN3. The summed E-state index contributed by atoms with van der Waals surface area (Å²) < 4.78 is 1.96. The number of halogens is 1. The maximum Gasteiger partial charge on any atom is 0.0521 e.